The molecule has 4 nitrogen and oxygen atoms in total. The van der Waals surface area contributed by atoms with Crippen molar-refractivity contribution in [3.8, 4) is 0 Å². The Balaban J connectivity index is 1.53. The molecular formula is C34H23BN4. The van der Waals surface area contributed by atoms with E-state index in [1.165, 1.54) is 27.7 Å². The van der Waals surface area contributed by atoms with Crippen LogP contribution in [0.4, 0.5) is 17.1 Å². The highest BCUT2D eigenvalue weighted by Gasteiger charge is 2.53. The van der Waals surface area contributed by atoms with Crippen molar-refractivity contribution in [2.45, 2.75) is 5.41 Å². The topological polar surface area (TPSA) is 41.9 Å². The van der Waals surface area contributed by atoms with Crippen LogP contribution in [0.2, 0.25) is 0 Å². The minimum atomic E-state index is -0.599. The molecule has 0 fully saturated rings. The maximum absolute atomic E-state index is 5.08. The van der Waals surface area contributed by atoms with Gasteiger partial charge in [0, 0.05) is 35.5 Å². The van der Waals surface area contributed by atoms with Gasteiger partial charge in [-0.25, -0.2) is 0 Å². The fourth-order valence-corrected chi connectivity index (χ4v) is 6.74. The minimum Gasteiger partial charge on any atom is -0.308 e. The van der Waals surface area contributed by atoms with Gasteiger partial charge in [-0.1, -0.05) is 84.3 Å². The zero-order chi connectivity index (χ0) is 25.8. The lowest BCUT2D eigenvalue weighted by atomic mass is 9.33. The van der Waals surface area contributed by atoms with Gasteiger partial charge in [-0.05, 0) is 58.7 Å². The van der Waals surface area contributed by atoms with Crippen molar-refractivity contribution in [1.29, 1.82) is 0 Å². The molecule has 5 heteroatoms. The number of hydrogen-bond donors (Lipinski definition) is 0. The van der Waals surface area contributed by atoms with E-state index in [1.807, 2.05) is 24.8 Å². The van der Waals surface area contributed by atoms with Crippen molar-refractivity contribution in [1.82, 2.24) is 15.0 Å². The first-order valence-electron chi connectivity index (χ1n) is 13.2. The number of anilines is 3. The summed E-state index contributed by atoms with van der Waals surface area (Å²) in [5.41, 5.74) is 10.7. The second-order valence-electron chi connectivity index (χ2n) is 10.0. The normalized spacial score (nSPS) is 14.3. The molecule has 2 aliphatic rings. The number of benzene rings is 3. The summed E-state index contributed by atoms with van der Waals surface area (Å²) in [7, 11) is 0. The first kappa shape index (κ1) is 22.0. The lowest BCUT2D eigenvalue weighted by molar-refractivity contribution is 0.727. The highest BCUT2D eigenvalue weighted by molar-refractivity contribution is 6.95. The van der Waals surface area contributed by atoms with Crippen LogP contribution in [-0.2, 0) is 5.41 Å². The van der Waals surface area contributed by atoms with Gasteiger partial charge in [0.2, 0.25) is 0 Å². The Labute approximate surface area is 227 Å². The van der Waals surface area contributed by atoms with Crippen molar-refractivity contribution in [3.63, 3.8) is 0 Å². The molecule has 3 aromatic heterocycles. The highest BCUT2D eigenvalue weighted by Crippen LogP contribution is 2.57. The Morgan fingerprint density at radius 3 is 1.82 bits per heavy atom. The predicted molar refractivity (Wildman–Crippen MR) is 157 cm³/mol. The van der Waals surface area contributed by atoms with Gasteiger partial charge in [0.1, 0.15) is 0 Å². The molecule has 182 valence electrons. The summed E-state index contributed by atoms with van der Waals surface area (Å²) in [4.78, 5) is 17.1. The quantitative estimate of drug-likeness (QED) is 0.319. The first-order chi connectivity index (χ1) is 19.4. The van der Waals surface area contributed by atoms with Crippen molar-refractivity contribution in [2.24, 2.45) is 0 Å². The molecule has 39 heavy (non-hydrogen) atoms. The number of nitrogens with zero attached hydrogens (tertiary/aromatic N) is 4. The van der Waals surface area contributed by atoms with Crippen LogP contribution in [-0.4, -0.2) is 21.7 Å². The summed E-state index contributed by atoms with van der Waals surface area (Å²) in [5, 5.41) is 0. The third-order valence-electron chi connectivity index (χ3n) is 8.17. The first-order valence-corrected chi connectivity index (χ1v) is 13.2. The van der Waals surface area contributed by atoms with E-state index in [1.54, 1.807) is 0 Å². The minimum absolute atomic E-state index is 0.0613. The van der Waals surface area contributed by atoms with Crippen molar-refractivity contribution < 1.29 is 0 Å². The zero-order valence-electron chi connectivity index (χ0n) is 21.1. The lowest BCUT2D eigenvalue weighted by Gasteiger charge is -2.49. The van der Waals surface area contributed by atoms with E-state index in [0.29, 0.717) is 0 Å². The Hall–Kier alpha value is -5.03. The molecule has 5 heterocycles. The number of fused-ring (bicyclic) bond motifs is 8. The van der Waals surface area contributed by atoms with Gasteiger partial charge in [-0.15, -0.1) is 0 Å². The van der Waals surface area contributed by atoms with Gasteiger partial charge >= 0.3 is 0 Å². The summed E-state index contributed by atoms with van der Waals surface area (Å²) in [6, 6.07) is 40.7. The molecule has 3 aromatic carbocycles. The Bertz CT molecular complexity index is 1600. The molecule has 0 saturated carbocycles. The van der Waals surface area contributed by atoms with Crippen molar-refractivity contribution in [2.75, 3.05) is 4.90 Å². The van der Waals surface area contributed by atoms with Crippen LogP contribution in [0.5, 0.6) is 0 Å². The Morgan fingerprint density at radius 2 is 1.10 bits per heavy atom. The standard InChI is InChI=1S/C34H23BN4/c1-3-11-24(12-4-1)35-32-28(16-9-20-37-32)34(29-17-10-21-38-33(29)35)26-15-7-8-18-30(26)39(25-13-5-2-6-14-25)31-23-36-22-19-27(31)34/h1-23H. The molecule has 0 atom stereocenters. The molecule has 0 saturated heterocycles. The number of hydrogen-bond acceptors (Lipinski definition) is 4. The van der Waals surface area contributed by atoms with Crippen LogP contribution >= 0.6 is 0 Å². The van der Waals surface area contributed by atoms with Gasteiger partial charge in [0.25, 0.3) is 6.71 Å². The maximum Gasteiger partial charge on any atom is 0.289 e. The second-order valence-corrected chi connectivity index (χ2v) is 10.0. The molecule has 6 aromatic rings. The summed E-state index contributed by atoms with van der Waals surface area (Å²) < 4.78 is 0. The van der Waals surface area contributed by atoms with Gasteiger partial charge in [-0.3, -0.25) is 15.0 Å². The van der Waals surface area contributed by atoms with Crippen molar-refractivity contribution >= 4 is 40.4 Å². The van der Waals surface area contributed by atoms with Crippen LogP contribution in [0.25, 0.3) is 0 Å². The molecule has 0 amide bonds. The second kappa shape index (κ2) is 8.50. The largest absolute Gasteiger partial charge is 0.308 e. The van der Waals surface area contributed by atoms with Crippen LogP contribution in [0.15, 0.2) is 140 Å². The summed E-state index contributed by atoms with van der Waals surface area (Å²) >= 11 is 0. The molecule has 0 unspecified atom stereocenters. The molecule has 0 radical (unpaired) electrons. The van der Waals surface area contributed by atoms with E-state index in [-0.39, 0.29) is 6.71 Å². The summed E-state index contributed by atoms with van der Waals surface area (Å²) in [6.45, 7) is -0.0613. The number of rotatable bonds is 2. The van der Waals surface area contributed by atoms with Crippen LogP contribution in [0.3, 0.4) is 0 Å². The van der Waals surface area contributed by atoms with Crippen LogP contribution in [0.1, 0.15) is 22.3 Å². The van der Waals surface area contributed by atoms with Crippen molar-refractivity contribution in [3.05, 3.63) is 162 Å². The fraction of sp³-hybridized carbons (Fsp3) is 0.0294. The van der Waals surface area contributed by atoms with E-state index in [0.717, 1.165) is 28.2 Å². The van der Waals surface area contributed by atoms with E-state index in [9.17, 15) is 0 Å². The summed E-state index contributed by atoms with van der Waals surface area (Å²) in [6.07, 6.45) is 7.73. The maximum atomic E-state index is 5.08. The third kappa shape index (κ3) is 2.98. The van der Waals surface area contributed by atoms with Gasteiger partial charge < -0.3 is 4.90 Å². The number of aromatic nitrogens is 3. The van der Waals surface area contributed by atoms with Crippen LogP contribution in [0, 0.1) is 0 Å². The Kier molecular flexibility index (Phi) is 4.80. The summed E-state index contributed by atoms with van der Waals surface area (Å²) in [5.74, 6) is 0. The van der Waals surface area contributed by atoms with E-state index >= 15 is 0 Å². The number of pyridine rings is 3. The van der Waals surface area contributed by atoms with E-state index in [2.05, 4.69) is 125 Å². The van der Waals surface area contributed by atoms with E-state index in [4.69, 9.17) is 9.97 Å². The molecular weight excluding hydrogens is 475 g/mol. The predicted octanol–water partition coefficient (Wildman–Crippen LogP) is 4.87. The third-order valence-corrected chi connectivity index (χ3v) is 8.17. The van der Waals surface area contributed by atoms with Crippen LogP contribution < -0.4 is 21.5 Å². The van der Waals surface area contributed by atoms with Gasteiger partial charge in [0.05, 0.1) is 23.0 Å². The van der Waals surface area contributed by atoms with Gasteiger partial charge in [0.15, 0.2) is 0 Å². The molecule has 2 aliphatic heterocycles. The van der Waals surface area contributed by atoms with Gasteiger partial charge in [-0.2, -0.15) is 0 Å². The average Bonchev–Trinajstić information content (AvgIpc) is 3.02. The lowest BCUT2D eigenvalue weighted by Crippen LogP contribution is -2.64. The molecule has 0 bridgehead atoms. The molecule has 0 N–H and O–H groups in total. The number of para-hydroxylation sites is 2. The fourth-order valence-electron chi connectivity index (χ4n) is 6.74. The SMILES string of the molecule is c1ccc(B2c3ncccc3C3(c4ccccc4N(c4ccccc4)c4cnccc43)c3cccnc32)cc1. The zero-order valence-corrected chi connectivity index (χ0v) is 21.1. The van der Waals surface area contributed by atoms with E-state index < -0.39 is 5.41 Å². The average molecular weight is 498 g/mol. The molecule has 8 rings (SSSR count). The molecule has 0 aliphatic carbocycles. The smallest absolute Gasteiger partial charge is 0.289 e. The monoisotopic (exact) mass is 498 g/mol. The molecule has 1 spiro atoms. The highest BCUT2D eigenvalue weighted by atomic mass is 15.2. The Morgan fingerprint density at radius 1 is 0.513 bits per heavy atom.